The zero-order chi connectivity index (χ0) is 63.4. The molecule has 0 fully saturated rings. The van der Waals surface area contributed by atoms with Crippen LogP contribution in [0, 0.1) is 0 Å². The highest BCUT2D eigenvalue weighted by Crippen LogP contribution is 2.43. The number of quaternary nitrogens is 1. The minimum Gasteiger partial charge on any atom is -0.387 e. The fourth-order valence-electron chi connectivity index (χ4n) is 10.0. The SMILES string of the molecule is CC/C=C\C/C=C\C/C=C\C/C=C\C/C=C\C/C=C\C/C=C\C/C=C\CCCCCCCCCCCCCCC(=O)NC(COP(=O)(O)OCC[N+](C)(C)C)C(O)/C=C/CC/C=C/CC/C=C/CCCCCCCCCCCCCCCCCCCC. The molecule has 1 amide bonds. The summed E-state index contributed by atoms with van der Waals surface area (Å²) >= 11 is 0. The second-order valence-corrected chi connectivity index (χ2v) is 26.7. The average molecular weight is 1230 g/mol. The molecule has 0 heterocycles. The van der Waals surface area contributed by atoms with Gasteiger partial charge in [0.25, 0.3) is 0 Å². The smallest absolute Gasteiger partial charge is 0.387 e. The van der Waals surface area contributed by atoms with Gasteiger partial charge in [0.1, 0.15) is 13.2 Å². The van der Waals surface area contributed by atoms with E-state index in [0.29, 0.717) is 17.4 Å². The third kappa shape index (κ3) is 70.0. The molecular formula is C78H138N2O6P+. The minimum absolute atomic E-state index is 0.0476. The van der Waals surface area contributed by atoms with Crippen LogP contribution in [0.3, 0.4) is 0 Å². The van der Waals surface area contributed by atoms with Crippen molar-refractivity contribution in [1.29, 1.82) is 0 Å². The highest BCUT2D eigenvalue weighted by molar-refractivity contribution is 7.47. The Labute approximate surface area is 538 Å². The first kappa shape index (κ1) is 83.6. The van der Waals surface area contributed by atoms with Gasteiger partial charge in [-0.15, -0.1) is 0 Å². The molecule has 0 radical (unpaired) electrons. The lowest BCUT2D eigenvalue weighted by Gasteiger charge is -2.25. The van der Waals surface area contributed by atoms with Gasteiger partial charge in [0.15, 0.2) is 0 Å². The summed E-state index contributed by atoms with van der Waals surface area (Å²) in [6, 6.07) is -0.882. The van der Waals surface area contributed by atoms with Crippen LogP contribution >= 0.6 is 7.82 Å². The second-order valence-electron chi connectivity index (χ2n) is 25.2. The molecule has 87 heavy (non-hydrogen) atoms. The molecule has 0 aliphatic heterocycles. The van der Waals surface area contributed by atoms with Crippen LogP contribution in [0.1, 0.15) is 303 Å². The normalized spacial score (nSPS) is 14.4. The number of allylic oxidation sites excluding steroid dienone is 21. The third-order valence-electron chi connectivity index (χ3n) is 15.6. The Bertz CT molecular complexity index is 1880. The Morgan fingerprint density at radius 2 is 0.701 bits per heavy atom. The predicted molar refractivity (Wildman–Crippen MR) is 382 cm³/mol. The number of hydrogen-bond donors (Lipinski definition) is 3. The van der Waals surface area contributed by atoms with Gasteiger partial charge >= 0.3 is 7.82 Å². The van der Waals surface area contributed by atoms with E-state index < -0.39 is 20.0 Å². The molecule has 0 saturated carbocycles. The summed E-state index contributed by atoms with van der Waals surface area (Å²) < 4.78 is 23.8. The van der Waals surface area contributed by atoms with E-state index in [1.54, 1.807) is 6.08 Å². The average Bonchev–Trinajstić information content (AvgIpc) is 3.70. The molecule has 0 saturated heterocycles. The van der Waals surface area contributed by atoms with Crippen molar-refractivity contribution < 1.29 is 32.9 Å². The molecule has 3 N–H and O–H groups in total. The van der Waals surface area contributed by atoms with Gasteiger partial charge in [-0.05, 0) is 109 Å². The van der Waals surface area contributed by atoms with E-state index in [9.17, 15) is 19.4 Å². The topological polar surface area (TPSA) is 105 Å². The fourth-order valence-corrected chi connectivity index (χ4v) is 10.8. The molecule has 0 aromatic carbocycles. The van der Waals surface area contributed by atoms with Gasteiger partial charge < -0.3 is 19.8 Å². The molecule has 0 bridgehead atoms. The summed E-state index contributed by atoms with van der Waals surface area (Å²) in [5, 5.41) is 14.0. The van der Waals surface area contributed by atoms with Gasteiger partial charge in [0.05, 0.1) is 39.9 Å². The number of rotatable bonds is 65. The summed E-state index contributed by atoms with van der Waals surface area (Å²) in [6.45, 7) is 4.69. The lowest BCUT2D eigenvalue weighted by molar-refractivity contribution is -0.870. The maximum Gasteiger partial charge on any atom is 0.472 e. The van der Waals surface area contributed by atoms with Crippen LogP contribution in [-0.4, -0.2) is 73.4 Å². The lowest BCUT2D eigenvalue weighted by atomic mass is 10.0. The Kier molecular flexibility index (Phi) is 64.5. The first-order valence-corrected chi connectivity index (χ1v) is 37.6. The molecule has 0 aromatic heterocycles. The number of nitrogens with one attached hydrogen (secondary N) is 1. The molecule has 0 aromatic rings. The Morgan fingerprint density at radius 1 is 0.402 bits per heavy atom. The monoisotopic (exact) mass is 1230 g/mol. The van der Waals surface area contributed by atoms with Crippen LogP contribution in [0.2, 0.25) is 0 Å². The fraction of sp³-hybridized carbons (Fsp3) is 0.705. The Hall–Kier alpha value is -3.36. The van der Waals surface area contributed by atoms with E-state index in [1.807, 2.05) is 27.2 Å². The summed E-state index contributed by atoms with van der Waals surface area (Å²) in [4.78, 5) is 23.4. The first-order chi connectivity index (χ1) is 42.5. The van der Waals surface area contributed by atoms with E-state index in [2.05, 4.69) is 141 Å². The zero-order valence-corrected chi connectivity index (χ0v) is 58.1. The van der Waals surface area contributed by atoms with Crippen LogP contribution in [-0.2, 0) is 18.4 Å². The van der Waals surface area contributed by atoms with Gasteiger partial charge in [-0.3, -0.25) is 13.8 Å². The van der Waals surface area contributed by atoms with Gasteiger partial charge in [-0.25, -0.2) is 4.57 Å². The molecule has 3 unspecified atom stereocenters. The van der Waals surface area contributed by atoms with E-state index >= 15 is 0 Å². The van der Waals surface area contributed by atoms with E-state index in [-0.39, 0.29) is 19.1 Å². The summed E-state index contributed by atoms with van der Waals surface area (Å²) in [5.74, 6) is -0.196. The van der Waals surface area contributed by atoms with Crippen molar-refractivity contribution in [1.82, 2.24) is 5.32 Å². The van der Waals surface area contributed by atoms with Crippen molar-refractivity contribution in [2.45, 2.75) is 315 Å². The number of aliphatic hydroxyl groups excluding tert-OH is 1. The van der Waals surface area contributed by atoms with Crippen LogP contribution in [0.25, 0.3) is 0 Å². The number of nitrogens with zero attached hydrogens (tertiary/aromatic N) is 1. The van der Waals surface area contributed by atoms with Gasteiger partial charge in [0, 0.05) is 6.42 Å². The molecule has 3 atom stereocenters. The molecule has 500 valence electrons. The number of amides is 1. The van der Waals surface area contributed by atoms with Crippen molar-refractivity contribution in [3.05, 3.63) is 134 Å². The summed E-state index contributed by atoms with van der Waals surface area (Å²) in [7, 11) is 1.54. The third-order valence-corrected chi connectivity index (χ3v) is 16.6. The number of aliphatic hydroxyl groups is 1. The highest BCUT2D eigenvalue weighted by Gasteiger charge is 2.28. The highest BCUT2D eigenvalue weighted by atomic mass is 31.2. The first-order valence-electron chi connectivity index (χ1n) is 36.1. The number of unbranched alkanes of at least 4 members (excludes halogenated alkanes) is 32. The van der Waals surface area contributed by atoms with Crippen LogP contribution in [0.5, 0.6) is 0 Å². The lowest BCUT2D eigenvalue weighted by Crippen LogP contribution is -2.45. The van der Waals surface area contributed by atoms with E-state index in [4.69, 9.17) is 9.05 Å². The number of carbonyl (C=O) groups is 1. The molecule has 9 heteroatoms. The minimum atomic E-state index is -4.38. The zero-order valence-electron chi connectivity index (χ0n) is 57.2. The van der Waals surface area contributed by atoms with Crippen LogP contribution in [0.4, 0.5) is 0 Å². The standard InChI is InChI=1S/C78H137N2O6P/c1-6-8-10-12-14-16-18-20-22-24-26-28-30-32-34-36-37-38-39-40-41-42-43-44-46-48-50-52-54-56-58-60-62-64-66-68-70-72-78(82)79-76(75-86-87(83,84)85-74-73-80(3,4)5)77(81)71-69-67-65-63-61-59-57-55-53-51-49-47-45-35-33-31-29-27-25-23-21-19-17-15-13-11-9-7-2/h8,10,14,16,20,22,26,28,32,34,37-38,40-41,43-44,53,55,61,63,69,71,76-77,81H,6-7,9,11-13,15,17-19,21,23-25,27,29-31,33,35-36,39,42,45-52,54,56-60,62,64-68,70,72-75H2,1-5H3,(H-,79,82,83,84)/p+1/b10-8-,16-14-,22-20-,28-26-,34-32-,38-37-,41-40-,44-43-,55-53+,63-61+,71-69+. The molecule has 0 spiro atoms. The quantitative estimate of drug-likeness (QED) is 0.0243. The molecule has 0 aliphatic carbocycles. The number of phosphoric ester groups is 1. The second kappa shape index (κ2) is 67.0. The van der Waals surface area contributed by atoms with Crippen molar-refractivity contribution in [3.63, 3.8) is 0 Å². The van der Waals surface area contributed by atoms with Gasteiger partial charge in [-0.2, -0.15) is 0 Å². The van der Waals surface area contributed by atoms with Crippen molar-refractivity contribution in [3.8, 4) is 0 Å². The molecule has 0 rings (SSSR count). The van der Waals surface area contributed by atoms with Gasteiger partial charge in [-0.1, -0.05) is 321 Å². The number of likely N-dealkylation sites (N-methyl/N-ethyl adjacent to an activating group) is 1. The summed E-state index contributed by atoms with van der Waals surface area (Å²) in [6.07, 6.45) is 102. The van der Waals surface area contributed by atoms with Crippen LogP contribution in [0.15, 0.2) is 134 Å². The Morgan fingerprint density at radius 3 is 1.06 bits per heavy atom. The predicted octanol–water partition coefficient (Wildman–Crippen LogP) is 23.4. The number of carbonyl (C=O) groups excluding carboxylic acids is 1. The van der Waals surface area contributed by atoms with Crippen molar-refractivity contribution in [2.24, 2.45) is 0 Å². The maximum absolute atomic E-state index is 13.1. The van der Waals surface area contributed by atoms with Gasteiger partial charge in [0.2, 0.25) is 5.91 Å². The van der Waals surface area contributed by atoms with E-state index in [1.165, 1.54) is 186 Å². The number of phosphoric acid groups is 1. The Balaban J connectivity index is 4.15. The largest absolute Gasteiger partial charge is 0.472 e. The summed E-state index contributed by atoms with van der Waals surface area (Å²) in [5.41, 5.74) is 0. The maximum atomic E-state index is 13.1. The molecular weight excluding hydrogens is 1090 g/mol. The van der Waals surface area contributed by atoms with Crippen LogP contribution < -0.4 is 5.32 Å². The van der Waals surface area contributed by atoms with E-state index in [0.717, 1.165) is 96.3 Å². The van der Waals surface area contributed by atoms with Crippen molar-refractivity contribution in [2.75, 3.05) is 40.9 Å². The molecule has 8 nitrogen and oxygen atoms in total. The number of hydrogen-bond acceptors (Lipinski definition) is 5. The molecule has 0 aliphatic rings. The van der Waals surface area contributed by atoms with Crippen molar-refractivity contribution >= 4 is 13.7 Å².